The van der Waals surface area contributed by atoms with Crippen LogP contribution in [0.15, 0.2) is 53.7 Å². The van der Waals surface area contributed by atoms with Gasteiger partial charge in [0.15, 0.2) is 5.84 Å². The molecule has 7 nitrogen and oxygen atoms in total. The molecular weight excluding hydrogens is 274 g/mol. The van der Waals surface area contributed by atoms with E-state index in [0.29, 0.717) is 11.3 Å². The molecule has 0 bridgehead atoms. The highest BCUT2D eigenvalue weighted by Crippen LogP contribution is 2.20. The Morgan fingerprint density at radius 3 is 2.76 bits per heavy atom. The summed E-state index contributed by atoms with van der Waals surface area (Å²) in [5.74, 6) is 0.408. The van der Waals surface area contributed by atoms with Gasteiger partial charge in [-0.2, -0.15) is 0 Å². The SMILES string of the molecule is N/C(=N\O)c1cccc(COc2cccc([N+](=O)[O-])c2)c1. The predicted molar refractivity (Wildman–Crippen MR) is 76.4 cm³/mol. The molecule has 0 atom stereocenters. The van der Waals surface area contributed by atoms with Crippen LogP contribution < -0.4 is 10.5 Å². The van der Waals surface area contributed by atoms with Crippen LogP contribution >= 0.6 is 0 Å². The minimum atomic E-state index is -0.480. The summed E-state index contributed by atoms with van der Waals surface area (Å²) in [6.07, 6.45) is 0. The molecule has 0 fully saturated rings. The Balaban J connectivity index is 2.10. The number of hydrogen-bond donors (Lipinski definition) is 2. The molecule has 0 unspecified atom stereocenters. The van der Waals surface area contributed by atoms with Crippen molar-refractivity contribution in [3.63, 3.8) is 0 Å². The number of non-ortho nitro benzene ring substituents is 1. The Morgan fingerprint density at radius 2 is 2.05 bits per heavy atom. The van der Waals surface area contributed by atoms with Gasteiger partial charge in [0.1, 0.15) is 12.4 Å². The summed E-state index contributed by atoms with van der Waals surface area (Å²) >= 11 is 0. The first-order chi connectivity index (χ1) is 10.1. The van der Waals surface area contributed by atoms with Crippen LogP contribution in [-0.4, -0.2) is 16.0 Å². The van der Waals surface area contributed by atoms with Crippen LogP contribution in [0.5, 0.6) is 5.75 Å². The molecule has 2 rings (SSSR count). The van der Waals surface area contributed by atoms with Gasteiger partial charge in [-0.15, -0.1) is 0 Å². The number of nitro groups is 1. The van der Waals surface area contributed by atoms with E-state index in [1.807, 2.05) is 6.07 Å². The van der Waals surface area contributed by atoms with Gasteiger partial charge in [-0.1, -0.05) is 29.4 Å². The van der Waals surface area contributed by atoms with Crippen molar-refractivity contribution in [2.24, 2.45) is 10.9 Å². The van der Waals surface area contributed by atoms with E-state index in [0.717, 1.165) is 5.56 Å². The van der Waals surface area contributed by atoms with Crippen molar-refractivity contribution in [2.75, 3.05) is 0 Å². The van der Waals surface area contributed by atoms with Gasteiger partial charge in [0, 0.05) is 11.6 Å². The number of oxime groups is 1. The number of hydrogen-bond acceptors (Lipinski definition) is 5. The molecule has 0 spiro atoms. The highest BCUT2D eigenvalue weighted by atomic mass is 16.6. The maximum absolute atomic E-state index is 10.7. The van der Waals surface area contributed by atoms with Crippen molar-refractivity contribution >= 4 is 11.5 Å². The largest absolute Gasteiger partial charge is 0.489 e. The second kappa shape index (κ2) is 6.38. The van der Waals surface area contributed by atoms with Crippen LogP contribution in [0.3, 0.4) is 0 Å². The van der Waals surface area contributed by atoms with Gasteiger partial charge in [0.25, 0.3) is 5.69 Å². The first kappa shape index (κ1) is 14.3. The molecule has 0 aliphatic heterocycles. The number of benzene rings is 2. The topological polar surface area (TPSA) is 111 Å². The average Bonchev–Trinajstić information content (AvgIpc) is 2.52. The Hall–Kier alpha value is -3.09. The first-order valence-corrected chi connectivity index (χ1v) is 6.04. The molecule has 0 aromatic heterocycles. The van der Waals surface area contributed by atoms with Gasteiger partial charge < -0.3 is 15.7 Å². The molecule has 0 amide bonds. The summed E-state index contributed by atoms with van der Waals surface area (Å²) in [5, 5.41) is 22.2. The first-order valence-electron chi connectivity index (χ1n) is 6.04. The zero-order valence-electron chi connectivity index (χ0n) is 11.0. The van der Waals surface area contributed by atoms with E-state index in [9.17, 15) is 10.1 Å². The third-order valence-corrected chi connectivity index (χ3v) is 2.76. The fourth-order valence-corrected chi connectivity index (χ4v) is 1.73. The van der Waals surface area contributed by atoms with Gasteiger partial charge in [-0.05, 0) is 17.7 Å². The quantitative estimate of drug-likeness (QED) is 0.288. The molecule has 0 saturated carbocycles. The molecule has 0 saturated heterocycles. The maximum atomic E-state index is 10.7. The minimum Gasteiger partial charge on any atom is -0.489 e. The van der Waals surface area contributed by atoms with E-state index in [2.05, 4.69) is 5.16 Å². The Labute approximate surface area is 120 Å². The predicted octanol–water partition coefficient (Wildman–Crippen LogP) is 2.27. The Morgan fingerprint density at radius 1 is 1.29 bits per heavy atom. The van der Waals surface area contributed by atoms with Gasteiger partial charge >= 0.3 is 0 Å². The van der Waals surface area contributed by atoms with Crippen LogP contribution in [-0.2, 0) is 6.61 Å². The standard InChI is InChI=1S/C14H13N3O4/c15-14(16-18)11-4-1-3-10(7-11)9-21-13-6-2-5-12(8-13)17(19)20/h1-8,18H,9H2,(H2,15,16). The van der Waals surface area contributed by atoms with Crippen LogP contribution in [0.2, 0.25) is 0 Å². The molecule has 0 aliphatic carbocycles. The van der Waals surface area contributed by atoms with Crippen LogP contribution in [0, 0.1) is 10.1 Å². The van der Waals surface area contributed by atoms with Crippen LogP contribution in [0.25, 0.3) is 0 Å². The lowest BCUT2D eigenvalue weighted by Gasteiger charge is -2.07. The molecule has 2 aromatic carbocycles. The van der Waals surface area contributed by atoms with Gasteiger partial charge in [0.05, 0.1) is 11.0 Å². The third kappa shape index (κ3) is 3.69. The molecule has 0 aliphatic rings. The summed E-state index contributed by atoms with van der Waals surface area (Å²) in [4.78, 5) is 10.2. The van der Waals surface area contributed by atoms with Crippen LogP contribution in [0.4, 0.5) is 5.69 Å². The maximum Gasteiger partial charge on any atom is 0.273 e. The van der Waals surface area contributed by atoms with E-state index < -0.39 is 4.92 Å². The Kier molecular flexibility index (Phi) is 4.35. The summed E-state index contributed by atoms with van der Waals surface area (Å²) in [6, 6.07) is 12.9. The van der Waals surface area contributed by atoms with Gasteiger partial charge in [-0.25, -0.2) is 0 Å². The molecule has 7 heteroatoms. The van der Waals surface area contributed by atoms with Crippen molar-refractivity contribution in [1.29, 1.82) is 0 Å². The smallest absolute Gasteiger partial charge is 0.273 e. The number of ether oxygens (including phenoxy) is 1. The van der Waals surface area contributed by atoms with E-state index in [4.69, 9.17) is 15.7 Å². The van der Waals surface area contributed by atoms with E-state index in [-0.39, 0.29) is 18.1 Å². The molecule has 0 heterocycles. The van der Waals surface area contributed by atoms with Gasteiger partial charge in [0.2, 0.25) is 0 Å². The molecular formula is C14H13N3O4. The number of nitrogens with two attached hydrogens (primary N) is 1. The monoisotopic (exact) mass is 287 g/mol. The second-order valence-corrected chi connectivity index (χ2v) is 4.23. The molecule has 2 aromatic rings. The minimum absolute atomic E-state index is 0.00667. The van der Waals surface area contributed by atoms with Crippen molar-refractivity contribution in [3.05, 3.63) is 69.8 Å². The lowest BCUT2D eigenvalue weighted by molar-refractivity contribution is -0.384. The van der Waals surface area contributed by atoms with Crippen molar-refractivity contribution in [3.8, 4) is 5.75 Å². The van der Waals surface area contributed by atoms with Crippen molar-refractivity contribution in [2.45, 2.75) is 6.61 Å². The normalized spacial score (nSPS) is 11.1. The van der Waals surface area contributed by atoms with E-state index in [1.165, 1.54) is 12.1 Å². The number of nitro benzene ring substituents is 1. The lowest BCUT2D eigenvalue weighted by Crippen LogP contribution is -2.13. The summed E-state index contributed by atoms with van der Waals surface area (Å²) in [7, 11) is 0. The Bertz CT molecular complexity index is 685. The fraction of sp³-hybridized carbons (Fsp3) is 0.0714. The molecule has 21 heavy (non-hydrogen) atoms. The average molecular weight is 287 g/mol. The van der Waals surface area contributed by atoms with Crippen molar-refractivity contribution in [1.82, 2.24) is 0 Å². The highest BCUT2D eigenvalue weighted by molar-refractivity contribution is 5.97. The summed E-state index contributed by atoms with van der Waals surface area (Å²) in [6.45, 7) is 0.216. The zero-order valence-corrected chi connectivity index (χ0v) is 11.0. The fourth-order valence-electron chi connectivity index (χ4n) is 1.73. The summed E-state index contributed by atoms with van der Waals surface area (Å²) < 4.78 is 5.50. The van der Waals surface area contributed by atoms with Gasteiger partial charge in [-0.3, -0.25) is 10.1 Å². The lowest BCUT2D eigenvalue weighted by atomic mass is 10.1. The number of amidine groups is 1. The number of nitrogens with zero attached hydrogens (tertiary/aromatic N) is 2. The molecule has 108 valence electrons. The second-order valence-electron chi connectivity index (χ2n) is 4.23. The van der Waals surface area contributed by atoms with E-state index in [1.54, 1.807) is 30.3 Å². The molecule has 3 N–H and O–H groups in total. The summed E-state index contributed by atoms with van der Waals surface area (Å²) in [5.41, 5.74) is 6.84. The molecule has 0 radical (unpaired) electrons. The van der Waals surface area contributed by atoms with E-state index >= 15 is 0 Å². The van der Waals surface area contributed by atoms with Crippen molar-refractivity contribution < 1.29 is 14.9 Å². The zero-order chi connectivity index (χ0) is 15.2. The van der Waals surface area contributed by atoms with Crippen LogP contribution in [0.1, 0.15) is 11.1 Å². The third-order valence-electron chi connectivity index (χ3n) is 2.76. The highest BCUT2D eigenvalue weighted by Gasteiger charge is 2.07. The number of rotatable bonds is 5.